The summed E-state index contributed by atoms with van der Waals surface area (Å²) in [5.41, 5.74) is 2.77. The smallest absolute Gasteiger partial charge is 0.00244 e. The Kier molecular flexibility index (Phi) is 2.95. The molecule has 1 saturated carbocycles. The summed E-state index contributed by atoms with van der Waals surface area (Å²) in [6.07, 6.45) is 10.1. The van der Waals surface area contributed by atoms with Crippen molar-refractivity contribution in [2.24, 2.45) is 17.8 Å². The highest BCUT2D eigenvalue weighted by molar-refractivity contribution is 5.37. The van der Waals surface area contributed by atoms with Crippen LogP contribution >= 0.6 is 0 Å². The molecule has 0 saturated heterocycles. The minimum absolute atomic E-state index is 0.567. The molecule has 0 aromatic heterocycles. The summed E-state index contributed by atoms with van der Waals surface area (Å²) >= 11 is 0. The Bertz CT molecular complexity index is 492. The molecule has 4 unspecified atom stereocenters. The van der Waals surface area contributed by atoms with Crippen molar-refractivity contribution in [1.29, 1.82) is 0 Å². The molecular formula is C18H19. The standard InChI is InChI=1S/C18H19/c1-3-13(4-2)17-15-10-11-16(12-15)18(17)14-8-6-5-7-9-14/h3-11,15-18H,1-2,12H2/b13-3+. The monoisotopic (exact) mass is 235 g/mol. The Morgan fingerprint density at radius 2 is 1.83 bits per heavy atom. The molecule has 0 heterocycles. The summed E-state index contributed by atoms with van der Waals surface area (Å²) in [5.74, 6) is 2.54. The van der Waals surface area contributed by atoms with Gasteiger partial charge >= 0.3 is 0 Å². The Morgan fingerprint density at radius 1 is 1.11 bits per heavy atom. The van der Waals surface area contributed by atoms with E-state index in [-0.39, 0.29) is 0 Å². The van der Waals surface area contributed by atoms with E-state index in [1.807, 2.05) is 12.2 Å². The third-order valence-electron chi connectivity index (χ3n) is 4.50. The Hall–Kier alpha value is -1.56. The zero-order valence-electron chi connectivity index (χ0n) is 10.6. The highest BCUT2D eigenvalue weighted by Gasteiger charge is 2.45. The van der Waals surface area contributed by atoms with Gasteiger partial charge in [-0.2, -0.15) is 0 Å². The summed E-state index contributed by atoms with van der Waals surface area (Å²) in [6.45, 7) is 7.91. The van der Waals surface area contributed by atoms with Crippen molar-refractivity contribution in [3.63, 3.8) is 0 Å². The lowest BCUT2D eigenvalue weighted by Crippen LogP contribution is -2.19. The highest BCUT2D eigenvalue weighted by Crippen LogP contribution is 2.55. The van der Waals surface area contributed by atoms with Crippen LogP contribution in [0.4, 0.5) is 0 Å². The molecule has 18 heavy (non-hydrogen) atoms. The summed E-state index contributed by atoms with van der Waals surface area (Å²) in [7, 11) is 0. The number of benzene rings is 1. The van der Waals surface area contributed by atoms with Crippen LogP contribution in [0.3, 0.4) is 0 Å². The van der Waals surface area contributed by atoms with Gasteiger partial charge in [0.05, 0.1) is 0 Å². The number of hydrogen-bond donors (Lipinski definition) is 0. The zero-order valence-corrected chi connectivity index (χ0v) is 10.6. The average molecular weight is 235 g/mol. The van der Waals surface area contributed by atoms with Gasteiger partial charge in [-0.05, 0) is 48.2 Å². The molecule has 1 aromatic rings. The average Bonchev–Trinajstić information content (AvgIpc) is 3.02. The van der Waals surface area contributed by atoms with E-state index >= 15 is 0 Å². The van der Waals surface area contributed by atoms with Gasteiger partial charge in [0.2, 0.25) is 0 Å². The normalized spacial score (nSPS) is 33.9. The molecule has 91 valence electrons. The van der Waals surface area contributed by atoms with Crippen molar-refractivity contribution in [3.05, 3.63) is 79.3 Å². The van der Waals surface area contributed by atoms with Crippen LogP contribution in [0.2, 0.25) is 0 Å². The lowest BCUT2D eigenvalue weighted by molar-refractivity contribution is 0.462. The summed E-state index contributed by atoms with van der Waals surface area (Å²) in [5, 5.41) is 0. The first-order chi connectivity index (χ1) is 8.85. The van der Waals surface area contributed by atoms with Crippen LogP contribution in [-0.2, 0) is 0 Å². The molecule has 0 amide bonds. The number of hydrogen-bond acceptors (Lipinski definition) is 0. The van der Waals surface area contributed by atoms with Gasteiger partial charge in [-0.1, -0.05) is 61.2 Å². The van der Waals surface area contributed by atoms with Crippen molar-refractivity contribution in [1.82, 2.24) is 0 Å². The summed E-state index contributed by atoms with van der Waals surface area (Å²) in [4.78, 5) is 0. The first-order valence-corrected chi connectivity index (χ1v) is 6.70. The number of rotatable bonds is 3. The second kappa shape index (κ2) is 4.61. The molecule has 1 radical (unpaired) electrons. The Labute approximate surface area is 110 Å². The zero-order chi connectivity index (χ0) is 12.5. The van der Waals surface area contributed by atoms with Crippen LogP contribution in [0.5, 0.6) is 0 Å². The fourth-order valence-electron chi connectivity index (χ4n) is 3.76. The number of allylic oxidation sites excluding steroid dienone is 5. The Morgan fingerprint density at radius 3 is 2.50 bits per heavy atom. The van der Waals surface area contributed by atoms with Crippen LogP contribution in [0.15, 0.2) is 66.8 Å². The van der Waals surface area contributed by atoms with E-state index in [1.165, 1.54) is 17.6 Å². The fourth-order valence-corrected chi connectivity index (χ4v) is 3.76. The van der Waals surface area contributed by atoms with E-state index in [0.29, 0.717) is 23.7 Å². The van der Waals surface area contributed by atoms with E-state index in [1.54, 1.807) is 0 Å². The topological polar surface area (TPSA) is 0 Å². The molecule has 3 rings (SSSR count). The van der Waals surface area contributed by atoms with Gasteiger partial charge in [0.15, 0.2) is 0 Å². The van der Waals surface area contributed by atoms with Crippen LogP contribution in [0, 0.1) is 24.7 Å². The molecule has 0 aliphatic heterocycles. The lowest BCUT2D eigenvalue weighted by atomic mass is 9.74. The van der Waals surface area contributed by atoms with Gasteiger partial charge < -0.3 is 0 Å². The fraction of sp³-hybridized carbons (Fsp3) is 0.278. The van der Waals surface area contributed by atoms with Gasteiger partial charge in [-0.3, -0.25) is 0 Å². The highest BCUT2D eigenvalue weighted by atomic mass is 14.5. The van der Waals surface area contributed by atoms with Crippen LogP contribution < -0.4 is 0 Å². The molecular weight excluding hydrogens is 216 g/mol. The van der Waals surface area contributed by atoms with Crippen molar-refractivity contribution >= 4 is 0 Å². The maximum Gasteiger partial charge on any atom is -0.00244 e. The second-order valence-corrected chi connectivity index (χ2v) is 5.32. The van der Waals surface area contributed by atoms with Gasteiger partial charge in [-0.15, -0.1) is 0 Å². The van der Waals surface area contributed by atoms with Gasteiger partial charge in [0, 0.05) is 0 Å². The minimum Gasteiger partial charge on any atom is -0.0988 e. The first-order valence-electron chi connectivity index (χ1n) is 6.70. The summed E-state index contributed by atoms with van der Waals surface area (Å²) < 4.78 is 0. The molecule has 2 aliphatic carbocycles. The van der Waals surface area contributed by atoms with Crippen LogP contribution in [-0.4, -0.2) is 0 Å². The van der Waals surface area contributed by atoms with Crippen molar-refractivity contribution in [2.75, 3.05) is 0 Å². The number of fused-ring (bicyclic) bond motifs is 2. The molecule has 1 fully saturated rings. The van der Waals surface area contributed by atoms with Crippen LogP contribution in [0.1, 0.15) is 17.9 Å². The molecule has 0 N–H and O–H groups in total. The molecule has 1 aromatic carbocycles. The third-order valence-corrected chi connectivity index (χ3v) is 4.50. The van der Waals surface area contributed by atoms with E-state index in [2.05, 4.69) is 56.0 Å². The van der Waals surface area contributed by atoms with Gasteiger partial charge in [0.1, 0.15) is 0 Å². The second-order valence-electron chi connectivity index (χ2n) is 5.32. The summed E-state index contributed by atoms with van der Waals surface area (Å²) in [6, 6.07) is 10.9. The SMILES string of the molecule is [CH2]/C=C(\C=C)C1C2C=CC(C2)C1c1ccccc1. The molecule has 2 aliphatic rings. The lowest BCUT2D eigenvalue weighted by Gasteiger charge is -2.29. The molecule has 0 spiro atoms. The van der Waals surface area contributed by atoms with Crippen molar-refractivity contribution in [3.8, 4) is 0 Å². The predicted molar refractivity (Wildman–Crippen MR) is 77.0 cm³/mol. The maximum absolute atomic E-state index is 3.96. The van der Waals surface area contributed by atoms with E-state index in [9.17, 15) is 0 Å². The quantitative estimate of drug-likeness (QED) is 0.533. The molecule has 4 atom stereocenters. The first kappa shape index (κ1) is 11.5. The molecule has 0 heteroatoms. The molecule has 2 bridgehead atoms. The van der Waals surface area contributed by atoms with Crippen molar-refractivity contribution < 1.29 is 0 Å². The van der Waals surface area contributed by atoms with Gasteiger partial charge in [-0.25, -0.2) is 0 Å². The Balaban J connectivity index is 2.02. The van der Waals surface area contributed by atoms with E-state index < -0.39 is 0 Å². The third kappa shape index (κ3) is 1.68. The van der Waals surface area contributed by atoms with Gasteiger partial charge in [0.25, 0.3) is 0 Å². The predicted octanol–water partition coefficient (Wildman–Crippen LogP) is 4.54. The van der Waals surface area contributed by atoms with E-state index in [0.717, 1.165) is 0 Å². The minimum atomic E-state index is 0.567. The van der Waals surface area contributed by atoms with Crippen molar-refractivity contribution in [2.45, 2.75) is 12.3 Å². The molecule has 0 nitrogen and oxygen atoms in total. The van der Waals surface area contributed by atoms with Crippen LogP contribution in [0.25, 0.3) is 0 Å². The van der Waals surface area contributed by atoms with E-state index in [4.69, 9.17) is 0 Å². The maximum atomic E-state index is 3.96. The largest absolute Gasteiger partial charge is 0.0988 e.